The molecule has 1 atom stereocenters. The van der Waals surface area contributed by atoms with Gasteiger partial charge in [0, 0.05) is 31.7 Å². The lowest BCUT2D eigenvalue weighted by Crippen LogP contribution is -2.44. The van der Waals surface area contributed by atoms with E-state index in [1.54, 1.807) is 21.3 Å². The van der Waals surface area contributed by atoms with E-state index in [4.69, 9.17) is 9.47 Å². The molecule has 1 saturated heterocycles. The normalized spacial score (nSPS) is 20.9. The van der Waals surface area contributed by atoms with Crippen LogP contribution in [0.3, 0.4) is 0 Å². The summed E-state index contributed by atoms with van der Waals surface area (Å²) in [5.74, 6) is 1.14. The third kappa shape index (κ3) is 4.36. The Morgan fingerprint density at radius 2 is 1.93 bits per heavy atom. The highest BCUT2D eigenvalue weighted by molar-refractivity contribution is 7.89. The van der Waals surface area contributed by atoms with Gasteiger partial charge in [-0.25, -0.2) is 8.42 Å². The molecule has 0 N–H and O–H groups in total. The van der Waals surface area contributed by atoms with Gasteiger partial charge in [0.25, 0.3) is 0 Å². The quantitative estimate of drug-likeness (QED) is 0.647. The molecule has 7 nitrogen and oxygen atoms in total. The molecule has 1 unspecified atom stereocenters. The first-order valence-corrected chi connectivity index (χ1v) is 11.3. The van der Waals surface area contributed by atoms with Crippen LogP contribution in [0, 0.1) is 17.4 Å². The number of rotatable bonds is 7. The zero-order valence-corrected chi connectivity index (χ0v) is 17.5. The second-order valence-electron chi connectivity index (χ2n) is 7.58. The highest BCUT2D eigenvalue weighted by Gasteiger charge is 2.38. The first kappa shape index (κ1) is 20.7. The maximum Gasteiger partial charge on any atom is 0.247 e. The maximum absolute atomic E-state index is 13.7. The van der Waals surface area contributed by atoms with Gasteiger partial charge in [-0.15, -0.1) is 0 Å². The molecule has 1 aliphatic carbocycles. The van der Waals surface area contributed by atoms with E-state index in [2.05, 4.69) is 6.19 Å². The Morgan fingerprint density at radius 1 is 1.18 bits per heavy atom. The van der Waals surface area contributed by atoms with E-state index in [0.29, 0.717) is 43.5 Å². The van der Waals surface area contributed by atoms with Gasteiger partial charge < -0.3 is 14.4 Å². The van der Waals surface area contributed by atoms with Crippen molar-refractivity contribution in [2.24, 2.45) is 5.92 Å². The number of hydrogen-bond donors (Lipinski definition) is 0. The lowest BCUT2D eigenvalue weighted by molar-refractivity contribution is 0.239. The van der Waals surface area contributed by atoms with E-state index < -0.39 is 10.0 Å². The molecular weight excluding hydrogens is 378 g/mol. The van der Waals surface area contributed by atoms with E-state index in [-0.39, 0.29) is 10.9 Å². The van der Waals surface area contributed by atoms with Crippen molar-refractivity contribution in [3.63, 3.8) is 0 Å². The molecule has 0 bridgehead atoms. The highest BCUT2D eigenvalue weighted by atomic mass is 32.2. The van der Waals surface area contributed by atoms with Crippen LogP contribution < -0.4 is 9.47 Å². The molecule has 3 rings (SSSR count). The zero-order chi connectivity index (χ0) is 20.1. The molecule has 28 heavy (non-hydrogen) atoms. The molecule has 1 heterocycles. The van der Waals surface area contributed by atoms with Gasteiger partial charge in [-0.3, -0.25) is 0 Å². The third-order valence-electron chi connectivity index (χ3n) is 5.83. The Hall–Kier alpha value is -1.98. The number of nitriles is 1. The molecule has 2 fully saturated rings. The van der Waals surface area contributed by atoms with Crippen molar-refractivity contribution in [1.29, 1.82) is 5.26 Å². The summed E-state index contributed by atoms with van der Waals surface area (Å²) in [6.45, 7) is 1.52. The van der Waals surface area contributed by atoms with Gasteiger partial charge in [-0.05, 0) is 37.3 Å². The predicted molar refractivity (Wildman–Crippen MR) is 106 cm³/mol. The van der Waals surface area contributed by atoms with E-state index >= 15 is 0 Å². The Bertz CT molecular complexity index is 815. The summed E-state index contributed by atoms with van der Waals surface area (Å²) in [5, 5.41) is 9.23. The average Bonchev–Trinajstić information content (AvgIpc) is 3.21. The minimum absolute atomic E-state index is 0.126. The van der Waals surface area contributed by atoms with Crippen LogP contribution in [0.15, 0.2) is 23.1 Å². The van der Waals surface area contributed by atoms with Crippen molar-refractivity contribution >= 4 is 10.0 Å². The van der Waals surface area contributed by atoms with Crippen LogP contribution >= 0.6 is 0 Å². The molecule has 1 aliphatic heterocycles. The van der Waals surface area contributed by atoms with Crippen LogP contribution in [-0.2, 0) is 10.0 Å². The molecule has 0 aromatic heterocycles. The van der Waals surface area contributed by atoms with Crippen molar-refractivity contribution in [2.75, 3.05) is 33.9 Å². The summed E-state index contributed by atoms with van der Waals surface area (Å²) in [7, 11) is -0.813. The Balaban J connectivity index is 1.97. The summed E-state index contributed by atoms with van der Waals surface area (Å²) in [6, 6.07) is 4.64. The van der Waals surface area contributed by atoms with Crippen molar-refractivity contribution < 1.29 is 17.9 Å². The van der Waals surface area contributed by atoms with Crippen molar-refractivity contribution in [3.05, 3.63) is 18.2 Å². The SMILES string of the molecule is COc1ccc(OC)c(S(=O)(=O)N(CC2CCCCC2)C2CCN(C#N)C2)c1. The van der Waals surface area contributed by atoms with Crippen molar-refractivity contribution in [1.82, 2.24) is 9.21 Å². The molecule has 8 heteroatoms. The molecule has 1 aromatic rings. The van der Waals surface area contributed by atoms with Gasteiger partial charge in [-0.1, -0.05) is 19.3 Å². The Labute approximate surface area is 167 Å². The van der Waals surface area contributed by atoms with Crippen LogP contribution in [0.5, 0.6) is 11.5 Å². The number of methoxy groups -OCH3 is 2. The van der Waals surface area contributed by atoms with Gasteiger partial charge in [0.05, 0.1) is 14.2 Å². The molecule has 1 aromatic carbocycles. The minimum Gasteiger partial charge on any atom is -0.497 e. The summed E-state index contributed by atoms with van der Waals surface area (Å²) >= 11 is 0. The highest BCUT2D eigenvalue weighted by Crippen LogP contribution is 2.35. The van der Waals surface area contributed by atoms with E-state index in [1.807, 2.05) is 0 Å². The molecular formula is C20H29N3O4S. The zero-order valence-electron chi connectivity index (χ0n) is 16.6. The molecule has 1 saturated carbocycles. The predicted octanol–water partition coefficient (Wildman–Crippen LogP) is 2.83. The van der Waals surface area contributed by atoms with Gasteiger partial charge >= 0.3 is 0 Å². The summed E-state index contributed by atoms with van der Waals surface area (Å²) < 4.78 is 39.7. The number of likely N-dealkylation sites (tertiary alicyclic amines) is 1. The van der Waals surface area contributed by atoms with Crippen LogP contribution in [0.25, 0.3) is 0 Å². The molecule has 0 spiro atoms. The number of ether oxygens (including phenoxy) is 2. The molecule has 154 valence electrons. The first-order chi connectivity index (χ1) is 13.5. The summed E-state index contributed by atoms with van der Waals surface area (Å²) in [5.41, 5.74) is 0. The van der Waals surface area contributed by atoms with E-state index in [9.17, 15) is 13.7 Å². The second-order valence-corrected chi connectivity index (χ2v) is 9.44. The standard InChI is InChI=1S/C20H29N3O4S/c1-26-18-8-9-19(27-2)20(12-18)28(24,25)23(13-16-6-4-3-5-7-16)17-10-11-22(14-17)15-21/h8-9,12,16-17H,3-7,10-11,13-14H2,1-2H3. The average molecular weight is 408 g/mol. The number of sulfonamides is 1. The smallest absolute Gasteiger partial charge is 0.247 e. The first-order valence-electron chi connectivity index (χ1n) is 9.88. The van der Waals surface area contributed by atoms with Gasteiger partial charge in [0.15, 0.2) is 6.19 Å². The molecule has 2 aliphatic rings. The number of benzene rings is 1. The topological polar surface area (TPSA) is 82.9 Å². The number of hydrogen-bond acceptors (Lipinski definition) is 6. The molecule has 0 radical (unpaired) electrons. The third-order valence-corrected chi connectivity index (χ3v) is 7.77. The molecule has 0 amide bonds. The number of nitrogens with zero attached hydrogens (tertiary/aromatic N) is 3. The fraction of sp³-hybridized carbons (Fsp3) is 0.650. The summed E-state index contributed by atoms with van der Waals surface area (Å²) in [4.78, 5) is 1.76. The minimum atomic E-state index is -3.80. The van der Waals surface area contributed by atoms with Gasteiger partial charge in [0.1, 0.15) is 16.4 Å². The maximum atomic E-state index is 13.7. The van der Waals surface area contributed by atoms with Crippen LogP contribution in [-0.4, -0.2) is 57.5 Å². The lowest BCUT2D eigenvalue weighted by atomic mass is 9.89. The summed E-state index contributed by atoms with van der Waals surface area (Å²) in [6.07, 6.45) is 8.43. The second kappa shape index (κ2) is 9.01. The van der Waals surface area contributed by atoms with Crippen LogP contribution in [0.2, 0.25) is 0 Å². The Kier molecular flexibility index (Phi) is 6.68. The van der Waals surface area contributed by atoms with Crippen LogP contribution in [0.4, 0.5) is 0 Å². The van der Waals surface area contributed by atoms with Crippen LogP contribution in [0.1, 0.15) is 38.5 Å². The van der Waals surface area contributed by atoms with Gasteiger partial charge in [-0.2, -0.15) is 9.57 Å². The monoisotopic (exact) mass is 407 g/mol. The van der Waals surface area contributed by atoms with E-state index in [1.165, 1.54) is 26.7 Å². The fourth-order valence-corrected chi connectivity index (χ4v) is 6.14. The lowest BCUT2D eigenvalue weighted by Gasteiger charge is -2.33. The van der Waals surface area contributed by atoms with Crippen molar-refractivity contribution in [2.45, 2.75) is 49.5 Å². The fourth-order valence-electron chi connectivity index (χ4n) is 4.25. The van der Waals surface area contributed by atoms with Crippen molar-refractivity contribution in [3.8, 4) is 17.7 Å². The Morgan fingerprint density at radius 3 is 2.54 bits per heavy atom. The largest absolute Gasteiger partial charge is 0.497 e. The van der Waals surface area contributed by atoms with E-state index in [0.717, 1.165) is 25.7 Å². The van der Waals surface area contributed by atoms with Gasteiger partial charge in [0.2, 0.25) is 10.0 Å².